The van der Waals surface area contributed by atoms with Gasteiger partial charge in [0.25, 0.3) is 5.56 Å². The van der Waals surface area contributed by atoms with E-state index in [2.05, 4.69) is 11.8 Å². The number of aliphatic hydroxyl groups is 3. The van der Waals surface area contributed by atoms with E-state index in [1.807, 2.05) is 4.98 Å². The third-order valence-electron chi connectivity index (χ3n) is 8.57. The lowest BCUT2D eigenvalue weighted by Crippen LogP contribution is -2.65. The number of hydrogen-bond donors (Lipinski definition) is 5. The summed E-state index contributed by atoms with van der Waals surface area (Å²) in [7, 11) is 2.84. The molecule has 4 aromatic rings. The van der Waals surface area contributed by atoms with Crippen LogP contribution in [0, 0.1) is 11.8 Å². The molecule has 1 amide bonds. The number of aliphatic hydroxyl groups excluding tert-OH is 2. The molecule has 5 rings (SSSR count). The Kier molecular flexibility index (Phi) is 10.2. The molecule has 1 fully saturated rings. The van der Waals surface area contributed by atoms with Gasteiger partial charge in [-0.2, -0.15) is 13.2 Å². The normalized spacial score (nSPS) is 20.4. The molecule has 0 radical (unpaired) electrons. The van der Waals surface area contributed by atoms with Crippen molar-refractivity contribution >= 4 is 5.91 Å². The number of carbonyl (C=O) groups is 1. The highest BCUT2D eigenvalue weighted by Crippen LogP contribution is 2.59. The van der Waals surface area contributed by atoms with Gasteiger partial charge in [-0.3, -0.25) is 19.1 Å². The minimum absolute atomic E-state index is 0.277. The van der Waals surface area contributed by atoms with Crippen LogP contribution in [-0.4, -0.2) is 82.1 Å². The summed E-state index contributed by atoms with van der Waals surface area (Å²) in [6.45, 7) is -1.67. The quantitative estimate of drug-likeness (QED) is 0.129. The molecule has 1 aromatic heterocycles. The maximum absolute atomic E-state index is 13.3. The van der Waals surface area contributed by atoms with E-state index < -0.39 is 71.5 Å². The molecule has 12 nitrogen and oxygen atoms in total. The topological polar surface area (TPSA) is 172 Å². The number of aromatic amines is 1. The first-order valence-electron chi connectivity index (χ1n) is 15.0. The first kappa shape index (κ1) is 35.9. The molecule has 0 unspecified atom stereocenters. The van der Waals surface area contributed by atoms with Crippen molar-refractivity contribution in [3.05, 3.63) is 128 Å². The number of carbonyl (C=O) groups excluding carboxylic acids is 1. The van der Waals surface area contributed by atoms with Crippen molar-refractivity contribution in [1.82, 2.24) is 14.9 Å². The average Bonchev–Trinajstić information content (AvgIpc) is 3.37. The Morgan fingerprint density at radius 3 is 2.08 bits per heavy atom. The second-order valence-corrected chi connectivity index (χ2v) is 11.2. The number of rotatable bonds is 9. The van der Waals surface area contributed by atoms with Crippen molar-refractivity contribution in [1.29, 1.82) is 0 Å². The van der Waals surface area contributed by atoms with E-state index >= 15 is 0 Å². The number of hydrogen-bond acceptors (Lipinski definition) is 9. The summed E-state index contributed by atoms with van der Waals surface area (Å²) in [6, 6.07) is 22.0. The molecule has 3 aromatic carbocycles. The number of methoxy groups -OCH3 is 2. The number of nitrogens with one attached hydrogen (secondary N) is 2. The number of halogens is 3. The van der Waals surface area contributed by atoms with Crippen LogP contribution < -0.4 is 26.0 Å². The number of ether oxygens (including phenoxy) is 3. The number of amides is 1. The predicted octanol–water partition coefficient (Wildman–Crippen LogP) is 1.60. The van der Waals surface area contributed by atoms with Crippen molar-refractivity contribution < 1.29 is 47.5 Å². The summed E-state index contributed by atoms with van der Waals surface area (Å²) in [5, 5.41) is 38.0. The zero-order valence-electron chi connectivity index (χ0n) is 26.6. The number of para-hydroxylation sites is 2. The lowest BCUT2D eigenvalue weighted by molar-refractivity contribution is -0.173. The van der Waals surface area contributed by atoms with Crippen LogP contribution in [0.5, 0.6) is 11.5 Å². The van der Waals surface area contributed by atoms with E-state index in [-0.39, 0.29) is 11.5 Å². The van der Waals surface area contributed by atoms with Crippen molar-refractivity contribution in [3.8, 4) is 23.3 Å². The summed E-state index contributed by atoms with van der Waals surface area (Å²) >= 11 is 0. The maximum Gasteiger partial charge on any atom is 0.471 e. The first-order chi connectivity index (χ1) is 23.9. The summed E-state index contributed by atoms with van der Waals surface area (Å²) in [4.78, 5) is 39.0. The highest BCUT2D eigenvalue weighted by Gasteiger charge is 2.69. The predicted molar refractivity (Wildman–Crippen MR) is 172 cm³/mol. The van der Waals surface area contributed by atoms with E-state index in [0.717, 1.165) is 10.8 Å². The van der Waals surface area contributed by atoms with Gasteiger partial charge in [0.2, 0.25) is 0 Å². The van der Waals surface area contributed by atoms with Crippen LogP contribution in [0.15, 0.2) is 94.6 Å². The number of benzene rings is 3. The van der Waals surface area contributed by atoms with Gasteiger partial charge in [0.15, 0.2) is 6.23 Å². The fourth-order valence-electron chi connectivity index (χ4n) is 6.46. The van der Waals surface area contributed by atoms with Crippen molar-refractivity contribution in [2.24, 2.45) is 0 Å². The van der Waals surface area contributed by atoms with Gasteiger partial charge in [0.1, 0.15) is 34.9 Å². The van der Waals surface area contributed by atoms with Gasteiger partial charge in [-0.25, -0.2) is 4.79 Å². The van der Waals surface area contributed by atoms with Crippen molar-refractivity contribution in [2.45, 2.75) is 35.6 Å². The molecule has 0 bridgehead atoms. The van der Waals surface area contributed by atoms with Crippen LogP contribution in [0.3, 0.4) is 0 Å². The molecule has 2 heterocycles. The zero-order chi connectivity index (χ0) is 36.3. The first-order valence-corrected chi connectivity index (χ1v) is 15.0. The monoisotopic (exact) mass is 695 g/mol. The Morgan fingerprint density at radius 2 is 1.54 bits per heavy atom. The van der Waals surface area contributed by atoms with Gasteiger partial charge in [0.05, 0.1) is 32.8 Å². The molecule has 0 saturated carbocycles. The minimum atomic E-state index is -5.15. The van der Waals surface area contributed by atoms with Crippen LogP contribution in [0.2, 0.25) is 0 Å². The number of alkyl halides is 3. The van der Waals surface area contributed by atoms with E-state index in [1.54, 1.807) is 84.2 Å². The largest absolute Gasteiger partial charge is 0.496 e. The van der Waals surface area contributed by atoms with Crippen LogP contribution in [-0.2, 0) is 14.9 Å². The van der Waals surface area contributed by atoms with E-state index in [4.69, 9.17) is 14.2 Å². The maximum atomic E-state index is 13.3. The van der Waals surface area contributed by atoms with Crippen LogP contribution >= 0.6 is 0 Å². The summed E-state index contributed by atoms with van der Waals surface area (Å²) in [6.07, 6.45) is -9.73. The SMILES string of the molecule is COc1ccccc1C(c1ccccc1)(c1ccccc1OC)[C@@]1(O)[C@@H](CO)O[C@@H](n2cc(C#CCNC(=O)C(F)(F)F)c(=O)[nH]c2=O)[C@@H]1O. The second kappa shape index (κ2) is 14.2. The zero-order valence-corrected chi connectivity index (χ0v) is 26.6. The summed E-state index contributed by atoms with van der Waals surface area (Å²) in [5.41, 5.74) is -5.95. The molecule has 0 aliphatic carbocycles. The Labute approximate surface area is 282 Å². The molecule has 1 saturated heterocycles. The van der Waals surface area contributed by atoms with E-state index in [1.165, 1.54) is 14.2 Å². The van der Waals surface area contributed by atoms with Gasteiger partial charge >= 0.3 is 17.8 Å². The van der Waals surface area contributed by atoms with Crippen LogP contribution in [0.25, 0.3) is 0 Å². The lowest BCUT2D eigenvalue weighted by Gasteiger charge is -2.50. The van der Waals surface area contributed by atoms with Gasteiger partial charge in [-0.1, -0.05) is 78.6 Å². The lowest BCUT2D eigenvalue weighted by atomic mass is 9.56. The standard InChI is InChI=1S/C35H32F3N3O9/c1-48-25-16-8-6-14-23(25)33(22-12-4-3-5-13-22,24-15-7-9-17-26(24)49-2)34(47)27(20-42)50-30(28(34)43)41-19-21(29(44)40-32(41)46)11-10-18-39-31(45)35(36,37)38/h3-9,12-17,19,27-28,30,42-43,47H,18,20H2,1-2H3,(H,39,45)(H,40,44,46)/t27-,28+,30-,34-/m1/s1. The Morgan fingerprint density at radius 1 is 0.980 bits per heavy atom. The fourth-order valence-corrected chi connectivity index (χ4v) is 6.46. The molecule has 4 atom stereocenters. The minimum Gasteiger partial charge on any atom is -0.496 e. The van der Waals surface area contributed by atoms with Crippen LogP contribution in [0.1, 0.15) is 28.5 Å². The molecule has 5 N–H and O–H groups in total. The molecule has 50 heavy (non-hydrogen) atoms. The molecule has 15 heteroatoms. The van der Waals surface area contributed by atoms with Gasteiger partial charge in [-0.05, 0) is 17.7 Å². The Hall–Kier alpha value is -5.40. The van der Waals surface area contributed by atoms with Gasteiger partial charge in [0, 0.05) is 17.3 Å². The van der Waals surface area contributed by atoms with E-state index in [0.29, 0.717) is 16.7 Å². The third kappa shape index (κ3) is 6.03. The molecular formula is C35H32F3N3O9. The Balaban J connectivity index is 1.75. The highest BCUT2D eigenvalue weighted by molar-refractivity contribution is 5.81. The van der Waals surface area contributed by atoms with Crippen molar-refractivity contribution in [2.75, 3.05) is 27.4 Å². The number of H-pyrrole nitrogens is 1. The Bertz CT molecular complexity index is 1990. The van der Waals surface area contributed by atoms with Crippen molar-refractivity contribution in [3.63, 3.8) is 0 Å². The van der Waals surface area contributed by atoms with Gasteiger partial charge in [-0.15, -0.1) is 0 Å². The molecule has 0 spiro atoms. The van der Waals surface area contributed by atoms with Crippen LogP contribution in [0.4, 0.5) is 13.2 Å². The smallest absolute Gasteiger partial charge is 0.471 e. The second-order valence-electron chi connectivity index (χ2n) is 11.2. The third-order valence-corrected chi connectivity index (χ3v) is 8.57. The highest BCUT2D eigenvalue weighted by atomic mass is 19.4. The molecular weight excluding hydrogens is 663 g/mol. The molecule has 262 valence electrons. The number of nitrogens with zero attached hydrogens (tertiary/aromatic N) is 1. The molecule has 1 aliphatic rings. The average molecular weight is 696 g/mol. The number of aromatic nitrogens is 2. The van der Waals surface area contributed by atoms with E-state index in [9.17, 15) is 42.9 Å². The summed E-state index contributed by atoms with van der Waals surface area (Å²) < 4.78 is 56.0. The van der Waals surface area contributed by atoms with Gasteiger partial charge < -0.3 is 34.8 Å². The summed E-state index contributed by atoms with van der Waals surface area (Å²) in [5.74, 6) is 2.81. The molecule has 1 aliphatic heterocycles. The fraction of sp³-hybridized carbons (Fsp3) is 0.286.